The normalized spacial score (nSPS) is 16.0. The highest BCUT2D eigenvalue weighted by Crippen LogP contribution is 2.34. The second kappa shape index (κ2) is 8.81. The van der Waals surface area contributed by atoms with Gasteiger partial charge < -0.3 is 14.8 Å². The van der Waals surface area contributed by atoms with Crippen molar-refractivity contribution in [3.8, 4) is 11.5 Å². The third-order valence-electron chi connectivity index (χ3n) is 3.88. The first kappa shape index (κ1) is 16.8. The van der Waals surface area contributed by atoms with Gasteiger partial charge in [0.15, 0.2) is 11.5 Å². The monoisotopic (exact) mass is 327 g/mol. The SMILES string of the molecule is COc1cc(CNCC2CCSCC2)c(SC)cc1OC. The predicted octanol–water partition coefficient (Wildman–Crippen LogP) is 3.66. The van der Waals surface area contributed by atoms with Crippen LogP contribution in [0.15, 0.2) is 17.0 Å². The van der Waals surface area contributed by atoms with Crippen LogP contribution >= 0.6 is 23.5 Å². The lowest BCUT2D eigenvalue weighted by atomic mass is 10.0. The molecule has 118 valence electrons. The predicted molar refractivity (Wildman–Crippen MR) is 93.1 cm³/mol. The first-order chi connectivity index (χ1) is 10.3. The van der Waals surface area contributed by atoms with Crippen LogP contribution in [0.3, 0.4) is 0 Å². The summed E-state index contributed by atoms with van der Waals surface area (Å²) in [7, 11) is 3.37. The van der Waals surface area contributed by atoms with Gasteiger partial charge in [0.05, 0.1) is 14.2 Å². The maximum atomic E-state index is 5.41. The summed E-state index contributed by atoms with van der Waals surface area (Å²) in [4.78, 5) is 1.25. The highest BCUT2D eigenvalue weighted by Gasteiger charge is 2.14. The Kier molecular flexibility index (Phi) is 7.07. The van der Waals surface area contributed by atoms with Crippen LogP contribution in [0.1, 0.15) is 18.4 Å². The van der Waals surface area contributed by atoms with Crippen molar-refractivity contribution in [2.75, 3.05) is 38.5 Å². The molecule has 2 rings (SSSR count). The average molecular weight is 328 g/mol. The zero-order valence-corrected chi connectivity index (χ0v) is 14.7. The van der Waals surface area contributed by atoms with Crippen LogP contribution in [0, 0.1) is 5.92 Å². The van der Waals surface area contributed by atoms with Crippen molar-refractivity contribution in [3.63, 3.8) is 0 Å². The number of rotatable bonds is 7. The van der Waals surface area contributed by atoms with E-state index in [1.807, 2.05) is 0 Å². The summed E-state index contributed by atoms with van der Waals surface area (Å²) in [6.45, 7) is 2.00. The van der Waals surface area contributed by atoms with E-state index in [-0.39, 0.29) is 0 Å². The molecule has 1 aromatic rings. The molecule has 1 saturated heterocycles. The van der Waals surface area contributed by atoms with Crippen LogP contribution in [0.2, 0.25) is 0 Å². The molecule has 1 aliphatic heterocycles. The Labute approximate surface area is 136 Å². The van der Waals surface area contributed by atoms with E-state index in [0.717, 1.165) is 30.5 Å². The molecule has 0 atom stereocenters. The number of ether oxygens (including phenoxy) is 2. The largest absolute Gasteiger partial charge is 0.493 e. The van der Waals surface area contributed by atoms with Gasteiger partial charge in [-0.1, -0.05) is 0 Å². The Morgan fingerprint density at radius 1 is 1.19 bits per heavy atom. The van der Waals surface area contributed by atoms with Gasteiger partial charge in [-0.15, -0.1) is 11.8 Å². The fourth-order valence-corrected chi connectivity index (χ4v) is 4.41. The summed E-state index contributed by atoms with van der Waals surface area (Å²) in [5, 5.41) is 3.62. The Hall–Kier alpha value is -0.520. The molecule has 0 unspecified atom stereocenters. The van der Waals surface area contributed by atoms with E-state index in [4.69, 9.17) is 9.47 Å². The van der Waals surface area contributed by atoms with Crippen molar-refractivity contribution in [2.24, 2.45) is 5.92 Å². The molecule has 0 spiro atoms. The molecular weight excluding hydrogens is 302 g/mol. The smallest absolute Gasteiger partial charge is 0.161 e. The van der Waals surface area contributed by atoms with Gasteiger partial charge in [0.25, 0.3) is 0 Å². The molecule has 1 aromatic carbocycles. The molecule has 0 radical (unpaired) electrons. The van der Waals surface area contributed by atoms with Crippen molar-refractivity contribution < 1.29 is 9.47 Å². The lowest BCUT2D eigenvalue weighted by Crippen LogP contribution is -2.25. The first-order valence-corrected chi connectivity index (χ1v) is 9.73. The Morgan fingerprint density at radius 3 is 2.48 bits per heavy atom. The van der Waals surface area contributed by atoms with Crippen molar-refractivity contribution >= 4 is 23.5 Å². The minimum absolute atomic E-state index is 0.801. The topological polar surface area (TPSA) is 30.5 Å². The molecule has 1 fully saturated rings. The molecule has 5 heteroatoms. The lowest BCUT2D eigenvalue weighted by molar-refractivity contribution is 0.353. The summed E-state index contributed by atoms with van der Waals surface area (Å²) in [6, 6.07) is 4.16. The first-order valence-electron chi connectivity index (χ1n) is 7.35. The summed E-state index contributed by atoms with van der Waals surface area (Å²) >= 11 is 3.83. The summed E-state index contributed by atoms with van der Waals surface area (Å²) < 4.78 is 10.8. The van der Waals surface area contributed by atoms with E-state index in [2.05, 4.69) is 35.5 Å². The van der Waals surface area contributed by atoms with Gasteiger partial charge in [0, 0.05) is 11.4 Å². The molecule has 21 heavy (non-hydrogen) atoms. The molecule has 1 heterocycles. The van der Waals surface area contributed by atoms with Crippen LogP contribution in [-0.2, 0) is 6.54 Å². The van der Waals surface area contributed by atoms with E-state index in [1.54, 1.807) is 26.0 Å². The zero-order chi connectivity index (χ0) is 15.1. The van der Waals surface area contributed by atoms with Gasteiger partial charge in [-0.2, -0.15) is 11.8 Å². The van der Waals surface area contributed by atoms with Gasteiger partial charge in [-0.05, 0) is 60.8 Å². The van der Waals surface area contributed by atoms with Crippen molar-refractivity contribution in [2.45, 2.75) is 24.3 Å². The fourth-order valence-electron chi connectivity index (χ4n) is 2.59. The lowest BCUT2D eigenvalue weighted by Gasteiger charge is -2.22. The third kappa shape index (κ3) is 4.73. The van der Waals surface area contributed by atoms with E-state index in [9.17, 15) is 0 Å². The molecule has 3 nitrogen and oxygen atoms in total. The van der Waals surface area contributed by atoms with E-state index < -0.39 is 0 Å². The van der Waals surface area contributed by atoms with E-state index in [1.165, 1.54) is 34.8 Å². The molecule has 0 bridgehead atoms. The standard InChI is InChI=1S/C16H25NO2S2/c1-18-14-8-13(16(20-3)9-15(14)19-2)11-17-10-12-4-6-21-7-5-12/h8-9,12,17H,4-7,10-11H2,1-3H3. The second-order valence-corrected chi connectivity index (χ2v) is 7.28. The highest BCUT2D eigenvalue weighted by atomic mass is 32.2. The Balaban J connectivity index is 1.97. The molecular formula is C16H25NO2S2. The quantitative estimate of drug-likeness (QED) is 0.772. The molecule has 0 aliphatic carbocycles. The third-order valence-corrected chi connectivity index (χ3v) is 5.74. The maximum Gasteiger partial charge on any atom is 0.161 e. The molecule has 1 N–H and O–H groups in total. The Bertz CT molecular complexity index is 448. The number of nitrogens with one attached hydrogen (secondary N) is 1. The number of methoxy groups -OCH3 is 2. The number of benzene rings is 1. The average Bonchev–Trinajstić information content (AvgIpc) is 2.55. The van der Waals surface area contributed by atoms with Gasteiger partial charge in [0.1, 0.15) is 0 Å². The van der Waals surface area contributed by atoms with Gasteiger partial charge >= 0.3 is 0 Å². The van der Waals surface area contributed by atoms with Gasteiger partial charge in [-0.3, -0.25) is 0 Å². The van der Waals surface area contributed by atoms with Crippen LogP contribution in [0.4, 0.5) is 0 Å². The molecule has 0 aromatic heterocycles. The molecule has 1 aliphatic rings. The van der Waals surface area contributed by atoms with Crippen molar-refractivity contribution in [1.29, 1.82) is 0 Å². The second-order valence-electron chi connectivity index (χ2n) is 5.21. The van der Waals surface area contributed by atoms with Gasteiger partial charge in [0.2, 0.25) is 0 Å². The Morgan fingerprint density at radius 2 is 1.86 bits per heavy atom. The van der Waals surface area contributed by atoms with Crippen molar-refractivity contribution in [1.82, 2.24) is 5.32 Å². The fraction of sp³-hybridized carbons (Fsp3) is 0.625. The van der Waals surface area contributed by atoms with Crippen LogP contribution in [0.5, 0.6) is 11.5 Å². The zero-order valence-electron chi connectivity index (χ0n) is 13.1. The van der Waals surface area contributed by atoms with Crippen molar-refractivity contribution in [3.05, 3.63) is 17.7 Å². The summed E-state index contributed by atoms with van der Waals surface area (Å²) in [5.74, 6) is 5.08. The summed E-state index contributed by atoms with van der Waals surface area (Å²) in [5.41, 5.74) is 1.28. The molecule has 0 amide bonds. The maximum absolute atomic E-state index is 5.41. The van der Waals surface area contributed by atoms with E-state index in [0.29, 0.717) is 0 Å². The molecule has 0 saturated carbocycles. The van der Waals surface area contributed by atoms with Gasteiger partial charge in [-0.25, -0.2) is 0 Å². The van der Waals surface area contributed by atoms with Crippen LogP contribution < -0.4 is 14.8 Å². The number of hydrogen-bond donors (Lipinski definition) is 1. The van der Waals surface area contributed by atoms with Crippen LogP contribution in [-0.4, -0.2) is 38.5 Å². The minimum Gasteiger partial charge on any atom is -0.493 e. The highest BCUT2D eigenvalue weighted by molar-refractivity contribution is 7.99. The summed E-state index contributed by atoms with van der Waals surface area (Å²) in [6.07, 6.45) is 4.79. The van der Waals surface area contributed by atoms with Crippen LogP contribution in [0.25, 0.3) is 0 Å². The minimum atomic E-state index is 0.801. The van der Waals surface area contributed by atoms with E-state index >= 15 is 0 Å². The number of hydrogen-bond acceptors (Lipinski definition) is 5. The number of thioether (sulfide) groups is 2.